The fourth-order valence-electron chi connectivity index (χ4n) is 0.737. The number of aromatic hydroxyl groups is 1. The lowest BCUT2D eigenvalue weighted by Crippen LogP contribution is -1.91. The molecule has 0 fully saturated rings. The van der Waals surface area contributed by atoms with Gasteiger partial charge in [-0.25, -0.2) is 8.78 Å². The molecule has 0 radical (unpaired) electrons. The molecule has 0 aliphatic heterocycles. The van der Waals surface area contributed by atoms with E-state index in [9.17, 15) is 8.78 Å². The Morgan fingerprint density at radius 3 is 2.42 bits per heavy atom. The van der Waals surface area contributed by atoms with Crippen molar-refractivity contribution in [3.63, 3.8) is 0 Å². The number of oxime groups is 1. The summed E-state index contributed by atoms with van der Waals surface area (Å²) in [5.41, 5.74) is -0.475. The van der Waals surface area contributed by atoms with Crippen molar-refractivity contribution >= 4 is 6.21 Å². The number of halogens is 2. The second-order valence-corrected chi connectivity index (χ2v) is 2.04. The van der Waals surface area contributed by atoms with Crippen molar-refractivity contribution in [2.45, 2.75) is 0 Å². The standard InChI is InChI=1S/C7H5F2NO2/c8-5-1-2-6(9)7(11)4(5)3-10-12/h1-3,11-12H/b10-3-. The molecular weight excluding hydrogens is 168 g/mol. The number of benzene rings is 1. The van der Waals surface area contributed by atoms with Gasteiger partial charge in [0.25, 0.3) is 0 Å². The van der Waals surface area contributed by atoms with Crippen molar-refractivity contribution in [2.24, 2.45) is 5.16 Å². The molecule has 0 aromatic heterocycles. The number of phenols is 1. The quantitative estimate of drug-likeness (QED) is 0.384. The van der Waals surface area contributed by atoms with Crippen LogP contribution in [0.2, 0.25) is 0 Å². The molecule has 64 valence electrons. The molecule has 0 aliphatic carbocycles. The van der Waals surface area contributed by atoms with Crippen LogP contribution in [0.1, 0.15) is 5.56 Å². The van der Waals surface area contributed by atoms with Crippen LogP contribution in [-0.2, 0) is 0 Å². The van der Waals surface area contributed by atoms with Gasteiger partial charge in [-0.3, -0.25) is 0 Å². The molecule has 0 heterocycles. The normalized spacial score (nSPS) is 10.8. The maximum absolute atomic E-state index is 12.7. The minimum Gasteiger partial charge on any atom is -0.504 e. The van der Waals surface area contributed by atoms with E-state index in [0.717, 1.165) is 12.1 Å². The second kappa shape index (κ2) is 3.17. The van der Waals surface area contributed by atoms with E-state index in [0.29, 0.717) is 6.21 Å². The van der Waals surface area contributed by atoms with E-state index < -0.39 is 22.9 Å². The van der Waals surface area contributed by atoms with E-state index in [1.165, 1.54) is 0 Å². The molecule has 3 nitrogen and oxygen atoms in total. The highest BCUT2D eigenvalue weighted by atomic mass is 19.1. The van der Waals surface area contributed by atoms with Crippen molar-refractivity contribution in [2.75, 3.05) is 0 Å². The number of nitrogens with zero attached hydrogens (tertiary/aromatic N) is 1. The fourth-order valence-corrected chi connectivity index (χ4v) is 0.737. The minimum absolute atomic E-state index is 0.475. The van der Waals surface area contributed by atoms with Gasteiger partial charge in [-0.15, -0.1) is 0 Å². The van der Waals surface area contributed by atoms with Crippen molar-refractivity contribution in [1.29, 1.82) is 0 Å². The van der Waals surface area contributed by atoms with E-state index >= 15 is 0 Å². The van der Waals surface area contributed by atoms with E-state index in [-0.39, 0.29) is 0 Å². The summed E-state index contributed by atoms with van der Waals surface area (Å²) < 4.78 is 25.2. The number of phenolic OH excluding ortho intramolecular Hbond substituents is 1. The van der Waals surface area contributed by atoms with Gasteiger partial charge in [-0.05, 0) is 12.1 Å². The van der Waals surface area contributed by atoms with E-state index in [1.807, 2.05) is 0 Å². The molecule has 0 atom stereocenters. The van der Waals surface area contributed by atoms with Crippen LogP contribution in [0, 0.1) is 11.6 Å². The zero-order valence-electron chi connectivity index (χ0n) is 5.83. The van der Waals surface area contributed by atoms with Crippen LogP contribution in [0.25, 0.3) is 0 Å². The largest absolute Gasteiger partial charge is 0.504 e. The maximum atomic E-state index is 12.7. The summed E-state index contributed by atoms with van der Waals surface area (Å²) >= 11 is 0. The highest BCUT2D eigenvalue weighted by Gasteiger charge is 2.10. The van der Waals surface area contributed by atoms with Crippen molar-refractivity contribution in [3.05, 3.63) is 29.3 Å². The zero-order chi connectivity index (χ0) is 9.14. The Hall–Kier alpha value is -1.65. The summed E-state index contributed by atoms with van der Waals surface area (Å²) in [6.07, 6.45) is 0.619. The molecule has 0 spiro atoms. The molecule has 0 aliphatic rings. The lowest BCUT2D eigenvalue weighted by Gasteiger charge is -1.99. The van der Waals surface area contributed by atoms with Crippen LogP contribution < -0.4 is 0 Å². The Morgan fingerprint density at radius 2 is 1.83 bits per heavy atom. The zero-order valence-corrected chi connectivity index (χ0v) is 5.83. The maximum Gasteiger partial charge on any atom is 0.165 e. The van der Waals surface area contributed by atoms with Crippen LogP contribution in [0.3, 0.4) is 0 Å². The molecule has 0 bridgehead atoms. The molecule has 0 amide bonds. The van der Waals surface area contributed by atoms with Crippen molar-refractivity contribution in [3.8, 4) is 5.75 Å². The third kappa shape index (κ3) is 1.34. The van der Waals surface area contributed by atoms with Crippen LogP contribution in [0.15, 0.2) is 17.3 Å². The Bertz CT molecular complexity index is 325. The molecule has 2 N–H and O–H groups in total. The molecule has 1 aromatic rings. The summed E-state index contributed by atoms with van der Waals surface area (Å²) in [7, 11) is 0. The van der Waals surface area contributed by atoms with Gasteiger partial charge in [-0.1, -0.05) is 5.16 Å². The van der Waals surface area contributed by atoms with E-state index in [2.05, 4.69) is 5.16 Å². The van der Waals surface area contributed by atoms with Gasteiger partial charge in [0.2, 0.25) is 0 Å². The Labute approximate surface area is 66.6 Å². The van der Waals surface area contributed by atoms with Gasteiger partial charge in [0.15, 0.2) is 11.6 Å². The highest BCUT2D eigenvalue weighted by Crippen LogP contribution is 2.21. The molecule has 12 heavy (non-hydrogen) atoms. The number of hydrogen-bond acceptors (Lipinski definition) is 3. The third-order valence-corrected chi connectivity index (χ3v) is 1.30. The van der Waals surface area contributed by atoms with Gasteiger partial charge < -0.3 is 10.3 Å². The Kier molecular flexibility index (Phi) is 2.23. The predicted octanol–water partition coefficient (Wildman–Crippen LogP) is 1.48. The van der Waals surface area contributed by atoms with Gasteiger partial charge in [0.1, 0.15) is 5.82 Å². The predicted molar refractivity (Wildman–Crippen MR) is 37.4 cm³/mol. The molecule has 0 saturated heterocycles. The van der Waals surface area contributed by atoms with Gasteiger partial charge in [0.05, 0.1) is 11.8 Å². The third-order valence-electron chi connectivity index (χ3n) is 1.30. The first-order valence-corrected chi connectivity index (χ1v) is 3.01. The summed E-state index contributed by atoms with van der Waals surface area (Å²) in [5, 5.41) is 19.4. The van der Waals surface area contributed by atoms with Gasteiger partial charge in [0, 0.05) is 0 Å². The number of rotatable bonds is 1. The van der Waals surface area contributed by atoms with Gasteiger partial charge in [-0.2, -0.15) is 0 Å². The first-order valence-electron chi connectivity index (χ1n) is 3.01. The second-order valence-electron chi connectivity index (χ2n) is 2.04. The Morgan fingerprint density at radius 1 is 1.25 bits per heavy atom. The van der Waals surface area contributed by atoms with Crippen LogP contribution in [-0.4, -0.2) is 16.5 Å². The molecule has 1 aromatic carbocycles. The lowest BCUT2D eigenvalue weighted by atomic mass is 10.2. The molecule has 1 rings (SSSR count). The first-order chi connectivity index (χ1) is 5.66. The van der Waals surface area contributed by atoms with E-state index in [4.69, 9.17) is 10.3 Å². The fraction of sp³-hybridized carbons (Fsp3) is 0. The first kappa shape index (κ1) is 8.45. The smallest absolute Gasteiger partial charge is 0.165 e. The molecule has 5 heteroatoms. The van der Waals surface area contributed by atoms with Crippen LogP contribution in [0.5, 0.6) is 5.75 Å². The van der Waals surface area contributed by atoms with Crippen molar-refractivity contribution < 1.29 is 19.1 Å². The average Bonchev–Trinajstić information content (AvgIpc) is 2.06. The SMILES string of the molecule is O/N=C\c1c(F)ccc(F)c1O. The summed E-state index contributed by atoms with van der Waals surface area (Å²) in [6.45, 7) is 0. The molecule has 0 unspecified atom stereocenters. The van der Waals surface area contributed by atoms with E-state index in [1.54, 1.807) is 0 Å². The molecular formula is C7H5F2NO2. The summed E-state index contributed by atoms with van der Waals surface area (Å²) in [4.78, 5) is 0. The monoisotopic (exact) mass is 173 g/mol. The van der Waals surface area contributed by atoms with Crippen LogP contribution >= 0.6 is 0 Å². The average molecular weight is 173 g/mol. The highest BCUT2D eigenvalue weighted by molar-refractivity contribution is 5.83. The summed E-state index contributed by atoms with van der Waals surface area (Å²) in [5.74, 6) is -2.69. The lowest BCUT2D eigenvalue weighted by molar-refractivity contribution is 0.321. The van der Waals surface area contributed by atoms with Crippen LogP contribution in [0.4, 0.5) is 8.78 Å². The Balaban J connectivity index is 3.32. The molecule has 0 saturated carbocycles. The minimum atomic E-state index is -0.966. The van der Waals surface area contributed by atoms with Gasteiger partial charge >= 0.3 is 0 Å². The number of hydrogen-bond donors (Lipinski definition) is 2. The van der Waals surface area contributed by atoms with Crippen molar-refractivity contribution in [1.82, 2.24) is 0 Å². The summed E-state index contributed by atoms with van der Waals surface area (Å²) in [6, 6.07) is 1.60. The topological polar surface area (TPSA) is 52.8 Å².